The fraction of sp³-hybridized carbons (Fsp3) is 0.100. The molecule has 0 saturated carbocycles. The standard InChI is InChI=1S/C20H18BrN3O3/c1-27-17-6-2-4-13(18(17)25)12-23-19-16(5-3-11-22-19)20(26)24-15-9-7-14(21)8-10-15/h2-11,25H,12H2,1H3,(H,22,23)(H,24,26). The maximum absolute atomic E-state index is 12.6. The molecule has 0 bridgehead atoms. The number of para-hydroxylation sites is 1. The molecule has 7 heteroatoms. The second kappa shape index (κ2) is 8.55. The maximum atomic E-state index is 12.6. The van der Waals surface area contributed by atoms with Crippen molar-refractivity contribution >= 4 is 33.3 Å². The molecule has 1 aromatic heterocycles. The highest BCUT2D eigenvalue weighted by Gasteiger charge is 2.14. The van der Waals surface area contributed by atoms with Gasteiger partial charge in [-0.1, -0.05) is 28.1 Å². The van der Waals surface area contributed by atoms with Crippen molar-refractivity contribution in [2.75, 3.05) is 17.7 Å². The molecule has 0 unspecified atom stereocenters. The number of aromatic hydroxyl groups is 1. The van der Waals surface area contributed by atoms with E-state index in [0.29, 0.717) is 34.9 Å². The third-order valence-corrected chi connectivity index (χ3v) is 4.43. The molecule has 3 aromatic rings. The Bertz CT molecular complexity index is 945. The summed E-state index contributed by atoms with van der Waals surface area (Å²) in [6.07, 6.45) is 1.60. The van der Waals surface area contributed by atoms with Crippen LogP contribution >= 0.6 is 15.9 Å². The monoisotopic (exact) mass is 427 g/mol. The Morgan fingerprint density at radius 3 is 2.67 bits per heavy atom. The number of nitrogens with zero attached hydrogens (tertiary/aromatic N) is 1. The van der Waals surface area contributed by atoms with Crippen molar-refractivity contribution in [3.8, 4) is 11.5 Å². The Morgan fingerprint density at radius 2 is 1.93 bits per heavy atom. The summed E-state index contributed by atoms with van der Waals surface area (Å²) < 4.78 is 6.05. The second-order valence-corrected chi connectivity index (χ2v) is 6.60. The molecule has 27 heavy (non-hydrogen) atoms. The molecule has 3 N–H and O–H groups in total. The minimum absolute atomic E-state index is 0.0595. The van der Waals surface area contributed by atoms with Gasteiger partial charge in [0.2, 0.25) is 0 Å². The van der Waals surface area contributed by atoms with E-state index in [1.165, 1.54) is 7.11 Å². The summed E-state index contributed by atoms with van der Waals surface area (Å²) in [5.74, 6) is 0.602. The molecule has 6 nitrogen and oxygen atoms in total. The van der Waals surface area contributed by atoms with Crippen molar-refractivity contribution < 1.29 is 14.6 Å². The number of halogens is 1. The smallest absolute Gasteiger partial charge is 0.259 e. The number of methoxy groups -OCH3 is 1. The van der Waals surface area contributed by atoms with E-state index in [1.54, 1.807) is 48.7 Å². The number of pyridine rings is 1. The van der Waals surface area contributed by atoms with Crippen LogP contribution in [0.3, 0.4) is 0 Å². The van der Waals surface area contributed by atoms with Gasteiger partial charge in [0.05, 0.1) is 12.7 Å². The van der Waals surface area contributed by atoms with Crippen LogP contribution in [-0.2, 0) is 6.54 Å². The van der Waals surface area contributed by atoms with Crippen molar-refractivity contribution in [3.05, 3.63) is 76.4 Å². The number of amides is 1. The Morgan fingerprint density at radius 1 is 1.15 bits per heavy atom. The first-order chi connectivity index (χ1) is 13.1. The lowest BCUT2D eigenvalue weighted by atomic mass is 10.1. The Kier molecular flexibility index (Phi) is 5.93. The highest BCUT2D eigenvalue weighted by Crippen LogP contribution is 2.30. The summed E-state index contributed by atoms with van der Waals surface area (Å²) in [7, 11) is 1.50. The minimum Gasteiger partial charge on any atom is -0.504 e. The molecule has 0 aliphatic heterocycles. The average molecular weight is 428 g/mol. The van der Waals surface area contributed by atoms with Crippen molar-refractivity contribution in [2.24, 2.45) is 0 Å². The normalized spacial score (nSPS) is 10.3. The molecule has 0 radical (unpaired) electrons. The SMILES string of the molecule is COc1cccc(CNc2ncccc2C(=O)Nc2ccc(Br)cc2)c1O. The first-order valence-electron chi connectivity index (χ1n) is 8.19. The molecular formula is C20H18BrN3O3. The third kappa shape index (κ3) is 4.57. The number of phenolic OH excluding ortho intramolecular Hbond substituents is 1. The van der Waals surface area contributed by atoms with Crippen molar-refractivity contribution in [1.82, 2.24) is 4.98 Å². The van der Waals surface area contributed by atoms with Gasteiger partial charge in [-0.2, -0.15) is 0 Å². The number of aromatic nitrogens is 1. The fourth-order valence-corrected chi connectivity index (χ4v) is 2.78. The molecule has 0 atom stereocenters. The van der Waals surface area contributed by atoms with E-state index in [9.17, 15) is 9.90 Å². The van der Waals surface area contributed by atoms with E-state index in [4.69, 9.17) is 4.74 Å². The van der Waals surface area contributed by atoms with Gasteiger partial charge in [0.15, 0.2) is 11.5 Å². The minimum atomic E-state index is -0.275. The number of carbonyl (C=O) groups excluding carboxylic acids is 1. The summed E-state index contributed by atoms with van der Waals surface area (Å²) in [4.78, 5) is 16.9. The first kappa shape index (κ1) is 18.7. The van der Waals surface area contributed by atoms with E-state index in [0.717, 1.165) is 4.47 Å². The fourth-order valence-electron chi connectivity index (χ4n) is 2.52. The predicted molar refractivity (Wildman–Crippen MR) is 108 cm³/mol. The number of hydrogen-bond donors (Lipinski definition) is 3. The number of phenols is 1. The van der Waals surface area contributed by atoms with Crippen LogP contribution < -0.4 is 15.4 Å². The van der Waals surface area contributed by atoms with Gasteiger partial charge in [0, 0.05) is 28.5 Å². The van der Waals surface area contributed by atoms with Crippen LogP contribution in [0.2, 0.25) is 0 Å². The van der Waals surface area contributed by atoms with Crippen LogP contribution in [0.4, 0.5) is 11.5 Å². The molecule has 1 amide bonds. The Balaban J connectivity index is 1.76. The van der Waals surface area contributed by atoms with E-state index >= 15 is 0 Å². The van der Waals surface area contributed by atoms with E-state index in [1.807, 2.05) is 12.1 Å². The number of anilines is 2. The highest BCUT2D eigenvalue weighted by atomic mass is 79.9. The maximum Gasteiger partial charge on any atom is 0.259 e. The topological polar surface area (TPSA) is 83.5 Å². The average Bonchev–Trinajstić information content (AvgIpc) is 2.69. The molecule has 0 saturated heterocycles. The van der Waals surface area contributed by atoms with Crippen LogP contribution in [0.15, 0.2) is 65.3 Å². The number of ether oxygens (including phenoxy) is 1. The van der Waals surface area contributed by atoms with Crippen molar-refractivity contribution in [1.29, 1.82) is 0 Å². The van der Waals surface area contributed by atoms with Gasteiger partial charge < -0.3 is 20.5 Å². The highest BCUT2D eigenvalue weighted by molar-refractivity contribution is 9.10. The van der Waals surface area contributed by atoms with Crippen LogP contribution in [0.5, 0.6) is 11.5 Å². The van der Waals surface area contributed by atoms with Crippen LogP contribution in [-0.4, -0.2) is 23.1 Å². The molecule has 0 aliphatic rings. The Labute approximate surface area is 165 Å². The zero-order valence-corrected chi connectivity index (χ0v) is 16.2. The van der Waals surface area contributed by atoms with Gasteiger partial charge in [0.1, 0.15) is 5.82 Å². The largest absolute Gasteiger partial charge is 0.504 e. The third-order valence-electron chi connectivity index (χ3n) is 3.90. The summed E-state index contributed by atoms with van der Waals surface area (Å²) in [6.45, 7) is 0.290. The molecule has 0 fully saturated rings. The van der Waals surface area contributed by atoms with E-state index in [-0.39, 0.29) is 11.7 Å². The second-order valence-electron chi connectivity index (χ2n) is 5.68. The summed E-state index contributed by atoms with van der Waals surface area (Å²) in [5.41, 5.74) is 1.73. The summed E-state index contributed by atoms with van der Waals surface area (Å²) >= 11 is 3.36. The molecule has 2 aromatic carbocycles. The summed E-state index contributed by atoms with van der Waals surface area (Å²) in [6, 6.07) is 15.9. The van der Waals surface area contributed by atoms with Crippen LogP contribution in [0.25, 0.3) is 0 Å². The lowest BCUT2D eigenvalue weighted by molar-refractivity contribution is 0.102. The number of benzene rings is 2. The van der Waals surface area contributed by atoms with Gasteiger partial charge >= 0.3 is 0 Å². The van der Waals surface area contributed by atoms with Gasteiger partial charge in [-0.15, -0.1) is 0 Å². The zero-order chi connectivity index (χ0) is 19.2. The number of hydrogen-bond acceptors (Lipinski definition) is 5. The molecule has 3 rings (SSSR count). The number of nitrogens with one attached hydrogen (secondary N) is 2. The van der Waals surface area contributed by atoms with E-state index in [2.05, 4.69) is 31.5 Å². The number of rotatable bonds is 6. The van der Waals surface area contributed by atoms with Crippen LogP contribution in [0.1, 0.15) is 15.9 Å². The Hall–Kier alpha value is -3.06. The van der Waals surface area contributed by atoms with Gasteiger partial charge in [-0.25, -0.2) is 4.98 Å². The van der Waals surface area contributed by atoms with Gasteiger partial charge in [-0.05, 0) is 42.5 Å². The quantitative estimate of drug-likeness (QED) is 0.542. The lowest BCUT2D eigenvalue weighted by Crippen LogP contribution is -2.15. The first-order valence-corrected chi connectivity index (χ1v) is 8.98. The molecule has 0 aliphatic carbocycles. The molecule has 138 valence electrons. The lowest BCUT2D eigenvalue weighted by Gasteiger charge is -2.13. The van der Waals surface area contributed by atoms with Crippen molar-refractivity contribution in [2.45, 2.75) is 6.54 Å². The molecule has 0 spiro atoms. The van der Waals surface area contributed by atoms with Crippen molar-refractivity contribution in [3.63, 3.8) is 0 Å². The summed E-state index contributed by atoms with van der Waals surface area (Å²) in [5, 5.41) is 16.1. The van der Waals surface area contributed by atoms with Gasteiger partial charge in [0.25, 0.3) is 5.91 Å². The van der Waals surface area contributed by atoms with E-state index < -0.39 is 0 Å². The van der Waals surface area contributed by atoms with Crippen LogP contribution in [0, 0.1) is 0 Å². The zero-order valence-electron chi connectivity index (χ0n) is 14.6. The molecular weight excluding hydrogens is 410 g/mol. The van der Waals surface area contributed by atoms with Gasteiger partial charge in [-0.3, -0.25) is 4.79 Å². The predicted octanol–water partition coefficient (Wildman–Crippen LogP) is 4.42. The molecule has 1 heterocycles. The number of carbonyl (C=O) groups is 1.